The van der Waals surface area contributed by atoms with Crippen LogP contribution in [0.25, 0.3) is 11.0 Å². The summed E-state index contributed by atoms with van der Waals surface area (Å²) < 4.78 is 1.41. The van der Waals surface area contributed by atoms with Crippen LogP contribution in [0.15, 0.2) is 24.3 Å². The zero-order chi connectivity index (χ0) is 12.0. The van der Waals surface area contributed by atoms with Gasteiger partial charge in [0, 0.05) is 12.5 Å². The van der Waals surface area contributed by atoms with Crippen molar-refractivity contribution in [1.29, 1.82) is 0 Å². The summed E-state index contributed by atoms with van der Waals surface area (Å²) in [4.78, 5) is 4.39. The Morgan fingerprint density at radius 1 is 1.41 bits per heavy atom. The molecule has 17 heavy (non-hydrogen) atoms. The fraction of sp³-hybridized carbons (Fsp3) is 0.417. The van der Waals surface area contributed by atoms with Crippen LogP contribution in [0.4, 0.5) is 0 Å². The van der Waals surface area contributed by atoms with E-state index >= 15 is 0 Å². The van der Waals surface area contributed by atoms with Gasteiger partial charge in [-0.15, -0.1) is 23.2 Å². The fourth-order valence-electron chi connectivity index (χ4n) is 2.14. The van der Waals surface area contributed by atoms with Crippen molar-refractivity contribution in [3.8, 4) is 0 Å². The number of alkyl halides is 2. The molecule has 1 N–H and O–H groups in total. The molecule has 0 saturated heterocycles. The van der Waals surface area contributed by atoms with E-state index < -0.39 is 4.33 Å². The second kappa shape index (κ2) is 3.87. The number of para-hydroxylation sites is 2. The summed E-state index contributed by atoms with van der Waals surface area (Å²) >= 11 is 12.1. The number of aromatic nitrogens is 2. The first-order chi connectivity index (χ1) is 8.12. The number of fused-ring (bicyclic) bond motifs is 1. The van der Waals surface area contributed by atoms with Crippen molar-refractivity contribution in [1.82, 2.24) is 9.55 Å². The van der Waals surface area contributed by atoms with Crippen molar-refractivity contribution in [3.05, 3.63) is 30.1 Å². The third-order valence-electron chi connectivity index (χ3n) is 3.23. The molecule has 0 amide bonds. The summed E-state index contributed by atoms with van der Waals surface area (Å²) in [5.74, 6) is 0.913. The number of hydrogen-bond acceptors (Lipinski definition) is 2. The maximum atomic E-state index is 9.33. The van der Waals surface area contributed by atoms with E-state index in [0.717, 1.165) is 17.5 Å². The van der Waals surface area contributed by atoms with Crippen molar-refractivity contribution in [2.45, 2.75) is 23.9 Å². The number of aliphatic hydroxyl groups excluding tert-OH is 1. The molecule has 1 aliphatic carbocycles. The van der Waals surface area contributed by atoms with Gasteiger partial charge in [0.2, 0.25) is 0 Å². The van der Waals surface area contributed by atoms with Gasteiger partial charge in [0.05, 0.1) is 11.0 Å². The Morgan fingerprint density at radius 3 is 2.76 bits per heavy atom. The topological polar surface area (TPSA) is 38.1 Å². The summed E-state index contributed by atoms with van der Waals surface area (Å²) in [6, 6.07) is 7.83. The van der Waals surface area contributed by atoms with Gasteiger partial charge in [-0.05, 0) is 18.6 Å². The van der Waals surface area contributed by atoms with E-state index in [2.05, 4.69) is 4.98 Å². The van der Waals surface area contributed by atoms with Crippen LogP contribution in [-0.4, -0.2) is 19.0 Å². The Kier molecular flexibility index (Phi) is 2.58. The predicted octanol–water partition coefficient (Wildman–Crippen LogP) is 2.72. The van der Waals surface area contributed by atoms with Gasteiger partial charge in [0.15, 0.2) is 0 Å². The quantitative estimate of drug-likeness (QED) is 0.872. The molecule has 0 unspecified atom stereocenters. The number of aliphatic hydroxyl groups is 1. The molecule has 0 radical (unpaired) electrons. The molecule has 1 fully saturated rings. The molecular weight excluding hydrogens is 259 g/mol. The third kappa shape index (κ3) is 1.92. The van der Waals surface area contributed by atoms with Crippen molar-refractivity contribution < 1.29 is 5.11 Å². The largest absolute Gasteiger partial charge is 0.388 e. The van der Waals surface area contributed by atoms with Gasteiger partial charge in [-0.3, -0.25) is 0 Å². The Balaban J connectivity index is 2.01. The monoisotopic (exact) mass is 270 g/mol. The maximum absolute atomic E-state index is 9.33. The SMILES string of the molecule is OCc1nc2ccccc2n1C[C@@H]1CC1(Cl)Cl. The first-order valence-electron chi connectivity index (χ1n) is 5.54. The van der Waals surface area contributed by atoms with E-state index in [1.54, 1.807) is 0 Å². The smallest absolute Gasteiger partial charge is 0.135 e. The second-order valence-electron chi connectivity index (χ2n) is 4.45. The number of nitrogens with zero attached hydrogens (tertiary/aromatic N) is 2. The minimum absolute atomic E-state index is 0.0705. The first kappa shape index (κ1) is 11.3. The average molecular weight is 271 g/mol. The van der Waals surface area contributed by atoms with Crippen LogP contribution in [0.3, 0.4) is 0 Å². The lowest BCUT2D eigenvalue weighted by molar-refractivity contribution is 0.265. The summed E-state index contributed by atoms with van der Waals surface area (Å²) in [7, 11) is 0. The molecule has 1 atom stereocenters. The van der Waals surface area contributed by atoms with Gasteiger partial charge in [0.25, 0.3) is 0 Å². The summed E-state index contributed by atoms with van der Waals surface area (Å²) in [6.45, 7) is 0.641. The van der Waals surface area contributed by atoms with E-state index in [0.29, 0.717) is 12.4 Å². The van der Waals surface area contributed by atoms with Crippen LogP contribution < -0.4 is 0 Å². The van der Waals surface area contributed by atoms with Crippen LogP contribution >= 0.6 is 23.2 Å². The predicted molar refractivity (Wildman–Crippen MR) is 68.2 cm³/mol. The second-order valence-corrected chi connectivity index (χ2v) is 5.99. The van der Waals surface area contributed by atoms with Crippen molar-refractivity contribution in [3.63, 3.8) is 0 Å². The normalized spacial score (nSPS) is 21.9. The van der Waals surface area contributed by atoms with Gasteiger partial charge in [-0.1, -0.05) is 12.1 Å². The number of rotatable bonds is 3. The molecule has 0 bridgehead atoms. The summed E-state index contributed by atoms with van der Waals surface area (Å²) in [5.41, 5.74) is 1.92. The van der Waals surface area contributed by atoms with Crippen LogP contribution in [0.1, 0.15) is 12.2 Å². The Hall–Kier alpha value is -0.770. The first-order valence-corrected chi connectivity index (χ1v) is 6.30. The van der Waals surface area contributed by atoms with Crippen LogP contribution in [0, 0.1) is 5.92 Å². The molecule has 5 heteroatoms. The zero-order valence-electron chi connectivity index (χ0n) is 9.11. The van der Waals surface area contributed by atoms with Crippen LogP contribution in [-0.2, 0) is 13.2 Å². The lowest BCUT2D eigenvalue weighted by Gasteiger charge is -2.07. The molecule has 90 valence electrons. The van der Waals surface area contributed by atoms with Gasteiger partial charge < -0.3 is 9.67 Å². The van der Waals surface area contributed by atoms with Crippen molar-refractivity contribution in [2.75, 3.05) is 0 Å². The van der Waals surface area contributed by atoms with E-state index in [9.17, 15) is 5.11 Å². The minimum atomic E-state index is -0.599. The highest BCUT2D eigenvalue weighted by Crippen LogP contribution is 2.54. The molecule has 1 aromatic heterocycles. The van der Waals surface area contributed by atoms with Crippen LogP contribution in [0.2, 0.25) is 0 Å². The molecule has 3 rings (SSSR count). The van der Waals surface area contributed by atoms with Crippen molar-refractivity contribution in [2.24, 2.45) is 5.92 Å². The van der Waals surface area contributed by atoms with E-state index in [1.807, 2.05) is 28.8 Å². The highest BCUT2D eigenvalue weighted by molar-refractivity contribution is 6.50. The number of imidazole rings is 1. The number of hydrogen-bond donors (Lipinski definition) is 1. The van der Waals surface area contributed by atoms with E-state index in [-0.39, 0.29) is 12.5 Å². The van der Waals surface area contributed by atoms with Gasteiger partial charge >= 0.3 is 0 Å². The molecule has 1 aliphatic rings. The summed E-state index contributed by atoms with van der Waals surface area (Å²) in [6.07, 6.45) is 0.799. The molecule has 1 heterocycles. The van der Waals surface area contributed by atoms with Gasteiger partial charge in [0.1, 0.15) is 16.8 Å². The molecule has 0 aliphatic heterocycles. The lowest BCUT2D eigenvalue weighted by Crippen LogP contribution is -2.08. The Morgan fingerprint density at radius 2 is 2.12 bits per heavy atom. The van der Waals surface area contributed by atoms with Gasteiger partial charge in [-0.25, -0.2) is 4.98 Å². The molecule has 3 nitrogen and oxygen atoms in total. The Bertz CT molecular complexity index is 565. The standard InChI is InChI=1S/C12H12Cl2N2O/c13-12(14)5-8(12)6-16-10-4-2-1-3-9(10)15-11(16)7-17/h1-4,8,17H,5-7H2/t8-/m0/s1. The van der Waals surface area contributed by atoms with E-state index in [4.69, 9.17) is 23.2 Å². The molecule has 2 aromatic rings. The van der Waals surface area contributed by atoms with E-state index in [1.165, 1.54) is 0 Å². The maximum Gasteiger partial charge on any atom is 0.135 e. The average Bonchev–Trinajstić information content (AvgIpc) is 2.76. The highest BCUT2D eigenvalue weighted by atomic mass is 35.5. The molecular formula is C12H12Cl2N2O. The van der Waals surface area contributed by atoms with Crippen LogP contribution in [0.5, 0.6) is 0 Å². The summed E-state index contributed by atoms with van der Waals surface area (Å²) in [5, 5.41) is 9.33. The van der Waals surface area contributed by atoms with Crippen molar-refractivity contribution >= 4 is 34.2 Å². The zero-order valence-corrected chi connectivity index (χ0v) is 10.6. The number of benzene rings is 1. The Labute approximate surface area is 109 Å². The molecule has 1 aromatic carbocycles. The lowest BCUT2D eigenvalue weighted by atomic mass is 10.3. The van der Waals surface area contributed by atoms with Gasteiger partial charge in [-0.2, -0.15) is 0 Å². The number of halogens is 2. The minimum Gasteiger partial charge on any atom is -0.388 e. The fourth-order valence-corrected chi connectivity index (χ4v) is 2.65. The highest BCUT2D eigenvalue weighted by Gasteiger charge is 2.51. The molecule has 1 saturated carbocycles. The third-order valence-corrected chi connectivity index (χ3v) is 4.16. The molecule has 0 spiro atoms.